The van der Waals surface area contributed by atoms with Gasteiger partial charge in [0, 0.05) is 18.8 Å². The van der Waals surface area contributed by atoms with Crippen LogP contribution in [0.5, 0.6) is 0 Å². The molecule has 1 aromatic heterocycles. The molecular weight excluding hydrogens is 264 g/mol. The summed E-state index contributed by atoms with van der Waals surface area (Å²) >= 11 is 0. The number of hydroxylamine groups is 1. The summed E-state index contributed by atoms with van der Waals surface area (Å²) in [5, 5.41) is 1.84. The Balaban J connectivity index is 2.01. The molecule has 0 spiro atoms. The number of carbonyl (C=O) groups is 1. The Morgan fingerprint density at radius 3 is 2.52 bits per heavy atom. The zero-order valence-corrected chi connectivity index (χ0v) is 12.2. The SMILES string of the molecule is CC(=O)[C@@]1(C)C[C@H](c2ccncc2)N(c2ccccc2)O1. The van der Waals surface area contributed by atoms with Crippen molar-refractivity contribution in [1.29, 1.82) is 0 Å². The van der Waals surface area contributed by atoms with Crippen LogP contribution in [0.25, 0.3) is 0 Å². The summed E-state index contributed by atoms with van der Waals surface area (Å²) in [5.74, 6) is 0.0417. The van der Waals surface area contributed by atoms with Crippen molar-refractivity contribution >= 4 is 11.5 Å². The van der Waals surface area contributed by atoms with Crippen LogP contribution < -0.4 is 5.06 Å². The zero-order chi connectivity index (χ0) is 14.9. The molecule has 0 saturated carbocycles. The largest absolute Gasteiger partial charge is 0.297 e. The molecule has 0 aliphatic carbocycles. The van der Waals surface area contributed by atoms with Crippen molar-refractivity contribution in [3.63, 3.8) is 0 Å². The number of pyridine rings is 1. The van der Waals surface area contributed by atoms with Crippen molar-refractivity contribution in [3.8, 4) is 0 Å². The van der Waals surface area contributed by atoms with Crippen LogP contribution in [0, 0.1) is 0 Å². The van der Waals surface area contributed by atoms with E-state index in [4.69, 9.17) is 4.84 Å². The van der Waals surface area contributed by atoms with Gasteiger partial charge >= 0.3 is 0 Å². The Kier molecular flexibility index (Phi) is 3.47. The number of hydrogen-bond donors (Lipinski definition) is 0. The van der Waals surface area contributed by atoms with E-state index in [1.165, 1.54) is 0 Å². The number of rotatable bonds is 3. The normalized spacial score (nSPS) is 25.0. The number of aromatic nitrogens is 1. The Bertz CT molecular complexity index is 580. The van der Waals surface area contributed by atoms with Crippen molar-refractivity contribution < 1.29 is 9.63 Å². The predicted molar refractivity (Wildman–Crippen MR) is 80.7 cm³/mol. The first-order valence-electron chi connectivity index (χ1n) is 7.04. The van der Waals surface area contributed by atoms with E-state index in [9.17, 15) is 4.79 Å². The van der Waals surface area contributed by atoms with Crippen LogP contribution in [-0.4, -0.2) is 16.4 Å². The first kappa shape index (κ1) is 13.8. The van der Waals surface area contributed by atoms with Crippen molar-refractivity contribution in [1.82, 2.24) is 4.98 Å². The fourth-order valence-corrected chi connectivity index (χ4v) is 2.62. The second kappa shape index (κ2) is 5.30. The van der Waals surface area contributed by atoms with Crippen molar-refractivity contribution in [2.45, 2.75) is 31.9 Å². The van der Waals surface area contributed by atoms with E-state index >= 15 is 0 Å². The summed E-state index contributed by atoms with van der Waals surface area (Å²) in [6.45, 7) is 3.44. The number of ketones is 1. The van der Waals surface area contributed by atoms with Gasteiger partial charge in [-0.1, -0.05) is 18.2 Å². The molecule has 0 amide bonds. The molecule has 1 fully saturated rings. The fourth-order valence-electron chi connectivity index (χ4n) is 2.62. The first-order valence-corrected chi connectivity index (χ1v) is 7.04. The zero-order valence-electron chi connectivity index (χ0n) is 12.2. The maximum absolute atomic E-state index is 12.0. The Morgan fingerprint density at radius 2 is 1.90 bits per heavy atom. The molecule has 2 aromatic rings. The van der Waals surface area contributed by atoms with E-state index in [0.717, 1.165) is 11.3 Å². The van der Waals surface area contributed by atoms with E-state index < -0.39 is 5.60 Å². The number of Topliss-reactive ketones (excluding diaryl/α,β-unsaturated/α-hetero) is 1. The van der Waals surface area contributed by atoms with Crippen LogP contribution in [-0.2, 0) is 9.63 Å². The average Bonchev–Trinajstić information content (AvgIpc) is 2.89. The minimum atomic E-state index is -0.788. The summed E-state index contributed by atoms with van der Waals surface area (Å²) in [4.78, 5) is 22.0. The maximum Gasteiger partial charge on any atom is 0.164 e. The molecule has 2 heterocycles. The number of benzene rings is 1. The first-order chi connectivity index (χ1) is 10.1. The quantitative estimate of drug-likeness (QED) is 0.866. The van der Waals surface area contributed by atoms with Gasteiger partial charge in [0.1, 0.15) is 0 Å². The molecule has 1 aromatic carbocycles. The molecule has 3 rings (SSSR count). The molecule has 0 unspecified atom stereocenters. The second-order valence-corrected chi connectivity index (χ2v) is 5.54. The maximum atomic E-state index is 12.0. The standard InChI is InChI=1S/C17H18N2O2/c1-13(20)17(2)12-16(14-8-10-18-11-9-14)19(21-17)15-6-4-3-5-7-15/h3-11,16H,12H2,1-2H3/t16-,17-/m1/s1. The van der Waals surface area contributed by atoms with Crippen LogP contribution in [0.4, 0.5) is 5.69 Å². The Labute approximate surface area is 124 Å². The summed E-state index contributed by atoms with van der Waals surface area (Å²) in [6.07, 6.45) is 4.16. The summed E-state index contributed by atoms with van der Waals surface area (Å²) in [7, 11) is 0. The van der Waals surface area contributed by atoms with Crippen LogP contribution in [0.15, 0.2) is 54.9 Å². The van der Waals surface area contributed by atoms with Gasteiger partial charge in [-0.2, -0.15) is 0 Å². The molecular formula is C17H18N2O2. The van der Waals surface area contributed by atoms with Crippen molar-refractivity contribution in [2.75, 3.05) is 5.06 Å². The van der Waals surface area contributed by atoms with E-state index in [-0.39, 0.29) is 11.8 Å². The van der Waals surface area contributed by atoms with Crippen molar-refractivity contribution in [3.05, 3.63) is 60.4 Å². The van der Waals surface area contributed by atoms with Gasteiger partial charge in [0.15, 0.2) is 11.4 Å². The number of para-hydroxylation sites is 1. The smallest absolute Gasteiger partial charge is 0.164 e. The number of carbonyl (C=O) groups excluding carboxylic acids is 1. The highest BCUT2D eigenvalue weighted by atomic mass is 16.7. The number of anilines is 1. The topological polar surface area (TPSA) is 42.4 Å². The van der Waals surface area contributed by atoms with E-state index in [1.807, 2.05) is 54.5 Å². The van der Waals surface area contributed by atoms with E-state index in [1.54, 1.807) is 19.3 Å². The number of nitrogens with zero attached hydrogens (tertiary/aromatic N) is 2. The van der Waals surface area contributed by atoms with E-state index in [0.29, 0.717) is 6.42 Å². The lowest BCUT2D eigenvalue weighted by Gasteiger charge is -2.26. The third-order valence-electron chi connectivity index (χ3n) is 4.01. The minimum Gasteiger partial charge on any atom is -0.297 e. The van der Waals surface area contributed by atoms with Gasteiger partial charge < -0.3 is 0 Å². The van der Waals surface area contributed by atoms with Gasteiger partial charge in [0.25, 0.3) is 0 Å². The second-order valence-electron chi connectivity index (χ2n) is 5.54. The lowest BCUT2D eigenvalue weighted by Crippen LogP contribution is -2.34. The minimum absolute atomic E-state index is 0.00398. The third-order valence-corrected chi connectivity index (χ3v) is 4.01. The Hall–Kier alpha value is -2.20. The number of hydrogen-bond acceptors (Lipinski definition) is 4. The van der Waals surface area contributed by atoms with Crippen LogP contribution >= 0.6 is 0 Å². The molecule has 0 bridgehead atoms. The molecule has 0 radical (unpaired) electrons. The molecule has 4 nitrogen and oxygen atoms in total. The van der Waals surface area contributed by atoms with Crippen LogP contribution in [0.2, 0.25) is 0 Å². The highest BCUT2D eigenvalue weighted by Gasteiger charge is 2.46. The molecule has 1 saturated heterocycles. The predicted octanol–water partition coefficient (Wildman–Crippen LogP) is 3.31. The average molecular weight is 282 g/mol. The van der Waals surface area contributed by atoms with Crippen LogP contribution in [0.1, 0.15) is 31.9 Å². The lowest BCUT2D eigenvalue weighted by atomic mass is 9.91. The summed E-state index contributed by atoms with van der Waals surface area (Å²) < 4.78 is 0. The Morgan fingerprint density at radius 1 is 1.24 bits per heavy atom. The van der Waals surface area contributed by atoms with Gasteiger partial charge in [-0.05, 0) is 43.7 Å². The highest BCUT2D eigenvalue weighted by Crippen LogP contribution is 2.43. The molecule has 4 heteroatoms. The highest BCUT2D eigenvalue weighted by molar-refractivity contribution is 5.85. The summed E-state index contributed by atoms with van der Waals surface area (Å²) in [6, 6.07) is 13.8. The third kappa shape index (κ3) is 2.54. The van der Waals surface area contributed by atoms with Crippen LogP contribution in [0.3, 0.4) is 0 Å². The molecule has 0 N–H and O–H groups in total. The summed E-state index contributed by atoms with van der Waals surface area (Å²) in [5.41, 5.74) is 1.26. The lowest BCUT2D eigenvalue weighted by molar-refractivity contribution is -0.136. The molecule has 1 aliphatic heterocycles. The van der Waals surface area contributed by atoms with Gasteiger partial charge in [0.2, 0.25) is 0 Å². The van der Waals surface area contributed by atoms with Crippen molar-refractivity contribution in [2.24, 2.45) is 0 Å². The molecule has 1 aliphatic rings. The molecule has 21 heavy (non-hydrogen) atoms. The van der Waals surface area contributed by atoms with Gasteiger partial charge in [-0.25, -0.2) is 5.06 Å². The van der Waals surface area contributed by atoms with Gasteiger partial charge in [0.05, 0.1) is 11.7 Å². The van der Waals surface area contributed by atoms with E-state index in [2.05, 4.69) is 4.98 Å². The van der Waals surface area contributed by atoms with Gasteiger partial charge in [-0.3, -0.25) is 14.6 Å². The fraction of sp³-hybridized carbons (Fsp3) is 0.294. The van der Waals surface area contributed by atoms with Gasteiger partial charge in [-0.15, -0.1) is 0 Å². The molecule has 108 valence electrons. The molecule has 2 atom stereocenters. The monoisotopic (exact) mass is 282 g/mol.